The zero-order chi connectivity index (χ0) is 20.0. The van der Waals surface area contributed by atoms with Crippen LogP contribution >= 0.6 is 0 Å². The molecule has 154 valence electrons. The lowest BCUT2D eigenvalue weighted by Gasteiger charge is -2.51. The first kappa shape index (κ1) is 18.8. The van der Waals surface area contributed by atoms with Gasteiger partial charge in [0.25, 0.3) is 5.91 Å². The fourth-order valence-electron chi connectivity index (χ4n) is 5.45. The van der Waals surface area contributed by atoms with E-state index in [1.54, 1.807) is 4.90 Å². The molecule has 2 atom stereocenters. The Balaban J connectivity index is 1.27. The molecule has 0 bridgehead atoms. The summed E-state index contributed by atoms with van der Waals surface area (Å²) < 4.78 is 0. The second-order valence-electron chi connectivity index (χ2n) is 8.99. The van der Waals surface area contributed by atoms with Gasteiger partial charge in [-0.2, -0.15) is 0 Å². The first-order chi connectivity index (χ1) is 14.1. The van der Waals surface area contributed by atoms with Gasteiger partial charge in [0.05, 0.1) is 0 Å². The van der Waals surface area contributed by atoms with Crippen molar-refractivity contribution in [3.63, 3.8) is 0 Å². The maximum atomic E-state index is 13.0. The molecule has 5 rings (SSSR count). The van der Waals surface area contributed by atoms with E-state index in [-0.39, 0.29) is 24.1 Å². The number of rotatable bonds is 4. The highest BCUT2D eigenvalue weighted by molar-refractivity contribution is 6.05. The number of nitrogens with one attached hydrogen (secondary N) is 3. The maximum absolute atomic E-state index is 13.0. The van der Waals surface area contributed by atoms with Crippen molar-refractivity contribution in [3.8, 4) is 0 Å². The van der Waals surface area contributed by atoms with Crippen molar-refractivity contribution in [1.82, 2.24) is 20.9 Å². The van der Waals surface area contributed by atoms with Crippen molar-refractivity contribution in [2.24, 2.45) is 5.41 Å². The van der Waals surface area contributed by atoms with E-state index in [1.807, 2.05) is 12.1 Å². The Hall–Kier alpha value is -2.25. The topological polar surface area (TPSA) is 90.5 Å². The predicted molar refractivity (Wildman–Crippen MR) is 107 cm³/mol. The molecule has 29 heavy (non-hydrogen) atoms. The molecular formula is C22H28N4O3. The van der Waals surface area contributed by atoms with Gasteiger partial charge in [0, 0.05) is 37.7 Å². The zero-order valence-corrected chi connectivity index (χ0v) is 16.6. The molecule has 1 aromatic carbocycles. The summed E-state index contributed by atoms with van der Waals surface area (Å²) in [7, 11) is 0. The highest BCUT2D eigenvalue weighted by Gasteiger charge is 2.45. The summed E-state index contributed by atoms with van der Waals surface area (Å²) in [6.07, 6.45) is 5.89. The molecule has 1 spiro atoms. The molecular weight excluding hydrogens is 368 g/mol. The number of hydrogen-bond donors (Lipinski definition) is 3. The van der Waals surface area contributed by atoms with E-state index < -0.39 is 6.04 Å². The Bertz CT molecular complexity index is 864. The molecule has 1 aliphatic carbocycles. The van der Waals surface area contributed by atoms with Gasteiger partial charge in [-0.05, 0) is 54.8 Å². The molecule has 7 heteroatoms. The third kappa shape index (κ3) is 3.26. The molecule has 1 aromatic rings. The minimum Gasteiger partial charge on any atom is -0.322 e. The molecule has 0 aromatic heterocycles. The van der Waals surface area contributed by atoms with E-state index in [0.29, 0.717) is 30.0 Å². The zero-order valence-electron chi connectivity index (χ0n) is 16.6. The van der Waals surface area contributed by atoms with Gasteiger partial charge in [-0.15, -0.1) is 0 Å². The van der Waals surface area contributed by atoms with Crippen molar-refractivity contribution in [1.29, 1.82) is 0 Å². The Morgan fingerprint density at radius 3 is 2.79 bits per heavy atom. The average molecular weight is 396 g/mol. The second kappa shape index (κ2) is 7.22. The number of carbonyl (C=O) groups excluding carboxylic acids is 3. The van der Waals surface area contributed by atoms with Crippen LogP contribution < -0.4 is 16.0 Å². The number of carbonyl (C=O) groups is 3. The predicted octanol–water partition coefficient (Wildman–Crippen LogP) is 1.07. The fraction of sp³-hybridized carbons (Fsp3) is 0.591. The van der Waals surface area contributed by atoms with E-state index in [0.717, 1.165) is 30.8 Å². The van der Waals surface area contributed by atoms with Crippen LogP contribution in [0.25, 0.3) is 0 Å². The molecule has 3 aliphatic heterocycles. The second-order valence-corrected chi connectivity index (χ2v) is 8.99. The molecule has 1 saturated carbocycles. The number of nitrogens with zero attached hydrogens (tertiary/aromatic N) is 1. The van der Waals surface area contributed by atoms with Gasteiger partial charge in [0.1, 0.15) is 6.04 Å². The summed E-state index contributed by atoms with van der Waals surface area (Å²) in [5.74, 6) is -0.726. The molecule has 0 radical (unpaired) electrons. The van der Waals surface area contributed by atoms with Crippen LogP contribution in [0.2, 0.25) is 0 Å². The van der Waals surface area contributed by atoms with Crippen LogP contribution in [0.15, 0.2) is 18.2 Å². The number of amides is 3. The molecule has 3 N–H and O–H groups in total. The molecule has 2 saturated heterocycles. The molecule has 3 heterocycles. The van der Waals surface area contributed by atoms with Gasteiger partial charge in [0.15, 0.2) is 0 Å². The summed E-state index contributed by atoms with van der Waals surface area (Å²) in [6.45, 7) is 3.30. The number of imide groups is 1. The number of fused-ring (bicyclic) bond motifs is 1. The van der Waals surface area contributed by atoms with Crippen LogP contribution in [0.4, 0.5) is 0 Å². The van der Waals surface area contributed by atoms with E-state index in [9.17, 15) is 14.4 Å². The Kier molecular flexibility index (Phi) is 4.67. The lowest BCUT2D eigenvalue weighted by molar-refractivity contribution is -0.136. The lowest BCUT2D eigenvalue weighted by Crippen LogP contribution is -2.58. The van der Waals surface area contributed by atoms with Crippen molar-refractivity contribution >= 4 is 17.7 Å². The van der Waals surface area contributed by atoms with Crippen LogP contribution in [0, 0.1) is 5.41 Å². The minimum absolute atomic E-state index is 0.105. The van der Waals surface area contributed by atoms with Crippen LogP contribution in [0.1, 0.15) is 60.0 Å². The third-order valence-corrected chi connectivity index (χ3v) is 7.38. The third-order valence-electron chi connectivity index (χ3n) is 7.38. The molecule has 4 aliphatic rings. The van der Waals surface area contributed by atoms with Crippen LogP contribution in [-0.2, 0) is 22.7 Å². The summed E-state index contributed by atoms with van der Waals surface area (Å²) in [6, 6.07) is 5.99. The minimum atomic E-state index is -0.555. The highest BCUT2D eigenvalue weighted by atomic mass is 16.2. The molecule has 3 amide bonds. The van der Waals surface area contributed by atoms with E-state index >= 15 is 0 Å². The summed E-state index contributed by atoms with van der Waals surface area (Å²) in [4.78, 5) is 38.2. The van der Waals surface area contributed by atoms with Crippen LogP contribution in [0.5, 0.6) is 0 Å². The van der Waals surface area contributed by atoms with E-state index in [4.69, 9.17) is 0 Å². The van der Waals surface area contributed by atoms with Gasteiger partial charge < -0.3 is 15.5 Å². The first-order valence-electron chi connectivity index (χ1n) is 10.8. The SMILES string of the molecule is O=C1CCC(N2Cc3ccc(CNC4CNCCC45CCC5)cc3C2=O)C(=O)N1. The van der Waals surface area contributed by atoms with E-state index in [1.165, 1.54) is 25.7 Å². The van der Waals surface area contributed by atoms with Gasteiger partial charge in [-0.25, -0.2) is 0 Å². The van der Waals surface area contributed by atoms with Gasteiger partial charge in [0.2, 0.25) is 11.8 Å². The molecule has 7 nitrogen and oxygen atoms in total. The monoisotopic (exact) mass is 396 g/mol. The van der Waals surface area contributed by atoms with Crippen LogP contribution in [-0.4, -0.2) is 47.8 Å². The Labute approximate surface area is 170 Å². The Morgan fingerprint density at radius 2 is 2.03 bits per heavy atom. The number of piperidine rings is 2. The smallest absolute Gasteiger partial charge is 0.255 e. The van der Waals surface area contributed by atoms with Crippen molar-refractivity contribution < 1.29 is 14.4 Å². The van der Waals surface area contributed by atoms with Crippen molar-refractivity contribution in [2.75, 3.05) is 13.1 Å². The number of hydrogen-bond acceptors (Lipinski definition) is 5. The Morgan fingerprint density at radius 1 is 1.17 bits per heavy atom. The molecule has 3 fully saturated rings. The van der Waals surface area contributed by atoms with Crippen molar-refractivity contribution in [2.45, 2.75) is 63.7 Å². The van der Waals surface area contributed by atoms with Crippen LogP contribution in [0.3, 0.4) is 0 Å². The standard InChI is InChI=1S/C22H28N4O3/c27-19-5-4-17(20(28)25-19)26-13-15-3-2-14(10-16(15)21(26)29)11-24-18-12-23-9-8-22(18)6-1-7-22/h2-3,10,17-18,23-24H,1,4-9,11-13H2,(H,25,27,28). The number of benzene rings is 1. The highest BCUT2D eigenvalue weighted by Crippen LogP contribution is 2.47. The van der Waals surface area contributed by atoms with Gasteiger partial charge in [-0.1, -0.05) is 18.6 Å². The van der Waals surface area contributed by atoms with E-state index in [2.05, 4.69) is 22.0 Å². The summed E-state index contributed by atoms with van der Waals surface area (Å²) >= 11 is 0. The largest absolute Gasteiger partial charge is 0.322 e. The lowest BCUT2D eigenvalue weighted by atomic mass is 9.61. The maximum Gasteiger partial charge on any atom is 0.255 e. The normalized spacial score (nSPS) is 28.3. The summed E-state index contributed by atoms with van der Waals surface area (Å²) in [5.41, 5.74) is 3.20. The molecule has 2 unspecified atom stereocenters. The quantitative estimate of drug-likeness (QED) is 0.663. The van der Waals surface area contributed by atoms with Crippen molar-refractivity contribution in [3.05, 3.63) is 34.9 Å². The summed E-state index contributed by atoms with van der Waals surface area (Å²) in [5, 5.41) is 9.59. The average Bonchev–Trinajstić information content (AvgIpc) is 3.01. The fourth-order valence-corrected chi connectivity index (χ4v) is 5.45. The van der Waals surface area contributed by atoms with Gasteiger partial charge in [-0.3, -0.25) is 19.7 Å². The van der Waals surface area contributed by atoms with Gasteiger partial charge >= 0.3 is 0 Å². The first-order valence-corrected chi connectivity index (χ1v) is 10.8.